The summed E-state index contributed by atoms with van der Waals surface area (Å²) in [5.41, 5.74) is 0. The summed E-state index contributed by atoms with van der Waals surface area (Å²) in [7, 11) is 0. The summed E-state index contributed by atoms with van der Waals surface area (Å²) >= 11 is 0. The highest BCUT2D eigenvalue weighted by molar-refractivity contribution is 5.74. The van der Waals surface area contributed by atoms with Crippen molar-refractivity contribution in [2.24, 2.45) is 5.92 Å². The molecule has 2 nitrogen and oxygen atoms in total. The Hall–Kier alpha value is -0.530. The number of ether oxygens (including phenoxy) is 1. The minimum atomic E-state index is 0.0315. The fourth-order valence-electron chi connectivity index (χ4n) is 1.89. The van der Waals surface area contributed by atoms with Gasteiger partial charge in [0.15, 0.2) is 0 Å². The van der Waals surface area contributed by atoms with Crippen LogP contribution in [0.1, 0.15) is 72.6 Å². The van der Waals surface area contributed by atoms with Gasteiger partial charge in [0.05, 0.1) is 12.0 Å². The van der Waals surface area contributed by atoms with Crippen molar-refractivity contribution >= 4 is 5.97 Å². The van der Waals surface area contributed by atoms with E-state index in [1.165, 1.54) is 32.1 Å². The van der Waals surface area contributed by atoms with Crippen LogP contribution < -0.4 is 0 Å². The van der Waals surface area contributed by atoms with Gasteiger partial charge in [-0.2, -0.15) is 0 Å². The predicted octanol–water partition coefficient (Wildman–Crippen LogP) is 4.32. The van der Waals surface area contributed by atoms with Crippen LogP contribution in [0.2, 0.25) is 0 Å². The number of rotatable bonds is 5. The molecule has 1 fully saturated rings. The van der Waals surface area contributed by atoms with E-state index >= 15 is 0 Å². The van der Waals surface area contributed by atoms with Gasteiger partial charge < -0.3 is 4.74 Å². The van der Waals surface area contributed by atoms with Crippen molar-refractivity contribution in [1.29, 1.82) is 0 Å². The molecule has 0 aromatic rings. The van der Waals surface area contributed by atoms with E-state index in [0.29, 0.717) is 0 Å². The van der Waals surface area contributed by atoms with Crippen LogP contribution in [-0.4, -0.2) is 12.1 Å². The molecular weight excluding hydrogens is 200 g/mol. The number of hydrogen-bond donors (Lipinski definition) is 0. The molecule has 0 radical (unpaired) electrons. The Bertz CT molecular complexity index is 178. The summed E-state index contributed by atoms with van der Waals surface area (Å²) in [5.74, 6) is 0.232. The lowest BCUT2D eigenvalue weighted by molar-refractivity contribution is -0.143. The van der Waals surface area contributed by atoms with E-state index in [0.717, 1.165) is 12.8 Å². The van der Waals surface area contributed by atoms with E-state index in [4.69, 9.17) is 4.74 Å². The summed E-state index contributed by atoms with van der Waals surface area (Å²) < 4.78 is 5.09. The van der Waals surface area contributed by atoms with E-state index in [1.54, 1.807) is 0 Å². The molecule has 0 bridgehead atoms. The largest absolute Gasteiger partial charge is 0.462 e. The standard InChI is InChI=1S/C11H20O2.C3H8/c1-3-4-5-6-7-10-8-9(2)13-11(10)12;1-3-2/h9-10H,3-8H2,1-2H3;3H2,1-2H3. The Kier molecular flexibility index (Phi) is 9.36. The first kappa shape index (κ1) is 15.5. The van der Waals surface area contributed by atoms with Crippen LogP contribution in [0.4, 0.5) is 0 Å². The number of unbranched alkanes of at least 4 members (excludes halogenated alkanes) is 3. The predicted molar refractivity (Wildman–Crippen MR) is 68.4 cm³/mol. The van der Waals surface area contributed by atoms with Gasteiger partial charge in [0.2, 0.25) is 0 Å². The first-order valence-electron chi connectivity index (χ1n) is 6.86. The molecule has 2 atom stereocenters. The Morgan fingerprint density at radius 3 is 2.25 bits per heavy atom. The van der Waals surface area contributed by atoms with E-state index in [1.807, 2.05) is 6.92 Å². The van der Waals surface area contributed by atoms with E-state index in [-0.39, 0.29) is 18.0 Å². The summed E-state index contributed by atoms with van der Waals surface area (Å²) in [6, 6.07) is 0. The van der Waals surface area contributed by atoms with Crippen LogP contribution in [0.3, 0.4) is 0 Å². The molecule has 1 aliphatic rings. The first-order valence-corrected chi connectivity index (χ1v) is 6.86. The van der Waals surface area contributed by atoms with Gasteiger partial charge >= 0.3 is 5.97 Å². The number of hydrogen-bond acceptors (Lipinski definition) is 2. The maximum atomic E-state index is 11.2. The Labute approximate surface area is 101 Å². The molecule has 0 saturated carbocycles. The summed E-state index contributed by atoms with van der Waals surface area (Å²) in [6.45, 7) is 8.43. The first-order chi connectivity index (χ1) is 7.65. The zero-order chi connectivity index (χ0) is 12.4. The van der Waals surface area contributed by atoms with Crippen LogP contribution >= 0.6 is 0 Å². The summed E-state index contributed by atoms with van der Waals surface area (Å²) in [4.78, 5) is 11.2. The molecule has 0 aromatic carbocycles. The second kappa shape index (κ2) is 9.68. The quantitative estimate of drug-likeness (QED) is 0.517. The van der Waals surface area contributed by atoms with Crippen LogP contribution in [-0.2, 0) is 9.53 Å². The fourth-order valence-corrected chi connectivity index (χ4v) is 1.89. The second-order valence-electron chi connectivity index (χ2n) is 4.74. The molecule has 2 heteroatoms. The topological polar surface area (TPSA) is 26.3 Å². The molecule has 1 heterocycles. The van der Waals surface area contributed by atoms with Gasteiger partial charge in [-0.05, 0) is 19.8 Å². The summed E-state index contributed by atoms with van der Waals surface area (Å²) in [6.07, 6.45) is 8.36. The van der Waals surface area contributed by atoms with Crippen molar-refractivity contribution < 1.29 is 9.53 Å². The average molecular weight is 228 g/mol. The van der Waals surface area contributed by atoms with Crippen LogP contribution in [0.15, 0.2) is 0 Å². The minimum Gasteiger partial charge on any atom is -0.462 e. The molecule has 0 spiro atoms. The second-order valence-corrected chi connectivity index (χ2v) is 4.74. The lowest BCUT2D eigenvalue weighted by Gasteiger charge is -2.03. The van der Waals surface area contributed by atoms with Gasteiger partial charge in [0, 0.05) is 0 Å². The van der Waals surface area contributed by atoms with Gasteiger partial charge in [0.1, 0.15) is 0 Å². The highest BCUT2D eigenvalue weighted by Crippen LogP contribution is 2.25. The average Bonchev–Trinajstić information content (AvgIpc) is 2.54. The number of cyclic esters (lactones) is 1. The van der Waals surface area contributed by atoms with E-state index < -0.39 is 0 Å². The van der Waals surface area contributed by atoms with Crippen LogP contribution in [0.5, 0.6) is 0 Å². The Morgan fingerprint density at radius 2 is 1.81 bits per heavy atom. The third-order valence-electron chi connectivity index (χ3n) is 2.67. The van der Waals surface area contributed by atoms with E-state index in [9.17, 15) is 4.79 Å². The molecule has 0 N–H and O–H groups in total. The molecule has 0 amide bonds. The number of carbonyl (C=O) groups excluding carboxylic acids is 1. The van der Waals surface area contributed by atoms with Crippen molar-refractivity contribution in [2.75, 3.05) is 0 Å². The van der Waals surface area contributed by atoms with Crippen molar-refractivity contribution in [3.8, 4) is 0 Å². The maximum Gasteiger partial charge on any atom is 0.309 e. The number of esters is 1. The number of carbonyl (C=O) groups is 1. The molecule has 0 aromatic heterocycles. The summed E-state index contributed by atoms with van der Waals surface area (Å²) in [5, 5.41) is 0. The smallest absolute Gasteiger partial charge is 0.309 e. The van der Waals surface area contributed by atoms with Crippen molar-refractivity contribution in [3.63, 3.8) is 0 Å². The highest BCUT2D eigenvalue weighted by Gasteiger charge is 2.30. The zero-order valence-corrected chi connectivity index (χ0v) is 11.4. The lowest BCUT2D eigenvalue weighted by atomic mass is 9.98. The molecule has 1 aliphatic heterocycles. The Balaban J connectivity index is 0.000000673. The van der Waals surface area contributed by atoms with Crippen molar-refractivity contribution in [3.05, 3.63) is 0 Å². The normalized spacial score (nSPS) is 23.6. The maximum absolute atomic E-state index is 11.2. The monoisotopic (exact) mass is 228 g/mol. The molecule has 96 valence electrons. The fraction of sp³-hybridized carbons (Fsp3) is 0.929. The van der Waals surface area contributed by atoms with Gasteiger partial charge in [0.25, 0.3) is 0 Å². The zero-order valence-electron chi connectivity index (χ0n) is 11.4. The SMILES string of the molecule is CCC.CCCCCCC1CC(C)OC1=O. The molecule has 1 rings (SSSR count). The molecular formula is C14H28O2. The molecule has 1 saturated heterocycles. The third kappa shape index (κ3) is 6.86. The van der Waals surface area contributed by atoms with Crippen molar-refractivity contribution in [1.82, 2.24) is 0 Å². The van der Waals surface area contributed by atoms with Crippen LogP contribution in [0.25, 0.3) is 0 Å². The van der Waals surface area contributed by atoms with E-state index in [2.05, 4.69) is 20.8 Å². The van der Waals surface area contributed by atoms with Crippen molar-refractivity contribution in [2.45, 2.75) is 78.7 Å². The third-order valence-corrected chi connectivity index (χ3v) is 2.67. The van der Waals surface area contributed by atoms with Gasteiger partial charge in [-0.1, -0.05) is 52.9 Å². The molecule has 2 unspecified atom stereocenters. The lowest BCUT2D eigenvalue weighted by Crippen LogP contribution is -2.07. The van der Waals surface area contributed by atoms with Gasteiger partial charge in [-0.25, -0.2) is 0 Å². The van der Waals surface area contributed by atoms with Gasteiger partial charge in [-0.3, -0.25) is 4.79 Å². The highest BCUT2D eigenvalue weighted by atomic mass is 16.5. The minimum absolute atomic E-state index is 0.0315. The van der Waals surface area contributed by atoms with Crippen LogP contribution in [0, 0.1) is 5.92 Å². The van der Waals surface area contributed by atoms with Gasteiger partial charge in [-0.15, -0.1) is 0 Å². The molecule has 16 heavy (non-hydrogen) atoms. The Morgan fingerprint density at radius 1 is 1.19 bits per heavy atom. The molecule has 0 aliphatic carbocycles.